The van der Waals surface area contributed by atoms with Crippen LogP contribution in [0.3, 0.4) is 0 Å². The Hall–Kier alpha value is -2.70. The quantitative estimate of drug-likeness (QED) is 0.716. The van der Waals surface area contributed by atoms with Gasteiger partial charge in [0.2, 0.25) is 0 Å². The molecular weight excluding hydrogens is 302 g/mol. The van der Waals surface area contributed by atoms with Crippen LogP contribution in [0, 0.1) is 20.8 Å². The van der Waals surface area contributed by atoms with Gasteiger partial charge in [0.15, 0.2) is 5.65 Å². The van der Waals surface area contributed by atoms with E-state index in [0.717, 1.165) is 60.4 Å². The van der Waals surface area contributed by atoms with E-state index in [1.54, 1.807) is 6.33 Å². The van der Waals surface area contributed by atoms with Crippen molar-refractivity contribution in [2.75, 3.05) is 36.0 Å². The molecule has 1 saturated heterocycles. The number of aromatic nitrogens is 5. The first kappa shape index (κ1) is 14.9. The third-order valence-electron chi connectivity index (χ3n) is 4.43. The van der Waals surface area contributed by atoms with E-state index in [9.17, 15) is 0 Å². The fraction of sp³-hybridized carbons (Fsp3) is 0.412. The predicted octanol–water partition coefficient (Wildman–Crippen LogP) is 1.77. The Kier molecular flexibility index (Phi) is 3.55. The van der Waals surface area contributed by atoms with Crippen molar-refractivity contribution in [3.63, 3.8) is 0 Å². The minimum atomic E-state index is 0.913. The smallest absolute Gasteiger partial charge is 0.157 e. The van der Waals surface area contributed by atoms with Gasteiger partial charge in [0, 0.05) is 55.8 Å². The lowest BCUT2D eigenvalue weighted by atomic mass is 10.2. The van der Waals surface area contributed by atoms with Crippen molar-refractivity contribution in [1.82, 2.24) is 24.6 Å². The van der Waals surface area contributed by atoms with E-state index in [1.807, 2.05) is 30.6 Å². The van der Waals surface area contributed by atoms with E-state index >= 15 is 0 Å². The molecule has 0 aliphatic carbocycles. The van der Waals surface area contributed by atoms with Gasteiger partial charge in [-0.3, -0.25) is 0 Å². The molecule has 124 valence electrons. The van der Waals surface area contributed by atoms with Crippen LogP contribution in [0.25, 0.3) is 5.65 Å². The minimum Gasteiger partial charge on any atom is -0.353 e. The van der Waals surface area contributed by atoms with Crippen molar-refractivity contribution < 1.29 is 0 Å². The van der Waals surface area contributed by atoms with Crippen LogP contribution in [0.1, 0.15) is 17.0 Å². The van der Waals surface area contributed by atoms with Gasteiger partial charge in [0.1, 0.15) is 18.0 Å². The van der Waals surface area contributed by atoms with Gasteiger partial charge in [-0.05, 0) is 20.8 Å². The summed E-state index contributed by atoms with van der Waals surface area (Å²) in [6, 6.07) is 4.14. The molecule has 3 aromatic heterocycles. The minimum absolute atomic E-state index is 0.913. The third kappa shape index (κ3) is 2.55. The molecule has 4 rings (SSSR count). The number of rotatable bonds is 2. The zero-order valence-electron chi connectivity index (χ0n) is 14.3. The maximum Gasteiger partial charge on any atom is 0.157 e. The predicted molar refractivity (Wildman–Crippen MR) is 93.7 cm³/mol. The van der Waals surface area contributed by atoms with Crippen LogP contribution in [0.15, 0.2) is 24.7 Å². The largest absolute Gasteiger partial charge is 0.353 e. The molecule has 0 saturated carbocycles. The summed E-state index contributed by atoms with van der Waals surface area (Å²) in [5.41, 5.74) is 4.04. The maximum atomic E-state index is 4.60. The van der Waals surface area contributed by atoms with Gasteiger partial charge in [0.05, 0.1) is 5.69 Å². The number of hydrogen-bond donors (Lipinski definition) is 0. The molecule has 24 heavy (non-hydrogen) atoms. The van der Waals surface area contributed by atoms with Crippen molar-refractivity contribution in [3.8, 4) is 0 Å². The van der Waals surface area contributed by atoms with Crippen molar-refractivity contribution in [2.45, 2.75) is 20.8 Å². The van der Waals surface area contributed by atoms with E-state index in [1.165, 1.54) is 0 Å². The fourth-order valence-electron chi connectivity index (χ4n) is 3.29. The highest BCUT2D eigenvalue weighted by atomic mass is 15.4. The number of hydrogen-bond acceptors (Lipinski definition) is 6. The van der Waals surface area contributed by atoms with E-state index < -0.39 is 0 Å². The number of anilines is 2. The summed E-state index contributed by atoms with van der Waals surface area (Å²) in [6.45, 7) is 9.82. The molecule has 1 fully saturated rings. The number of aryl methyl sites for hydroxylation is 3. The number of nitrogens with zero attached hydrogens (tertiary/aromatic N) is 7. The summed E-state index contributed by atoms with van der Waals surface area (Å²) >= 11 is 0. The molecular formula is C17H21N7. The second-order valence-electron chi connectivity index (χ2n) is 6.31. The van der Waals surface area contributed by atoms with Crippen LogP contribution in [-0.2, 0) is 0 Å². The highest BCUT2D eigenvalue weighted by Gasteiger charge is 2.22. The van der Waals surface area contributed by atoms with Gasteiger partial charge in [-0.2, -0.15) is 9.61 Å². The van der Waals surface area contributed by atoms with Crippen LogP contribution in [0.5, 0.6) is 0 Å². The van der Waals surface area contributed by atoms with Crippen LogP contribution in [0.4, 0.5) is 11.6 Å². The zero-order valence-corrected chi connectivity index (χ0v) is 14.3. The van der Waals surface area contributed by atoms with E-state index in [0.29, 0.717) is 0 Å². The normalized spacial score (nSPS) is 15.3. The molecule has 4 heterocycles. The summed E-state index contributed by atoms with van der Waals surface area (Å²) in [5, 5.41) is 4.60. The lowest BCUT2D eigenvalue weighted by Gasteiger charge is -2.37. The SMILES string of the molecule is Cc1cc(N2CCN(c3ncncc3C)CC2)n2nc(C)cc2n1. The second-order valence-corrected chi connectivity index (χ2v) is 6.31. The van der Waals surface area contributed by atoms with Gasteiger partial charge < -0.3 is 9.80 Å². The first-order valence-electron chi connectivity index (χ1n) is 8.22. The lowest BCUT2D eigenvalue weighted by Crippen LogP contribution is -2.47. The van der Waals surface area contributed by atoms with Gasteiger partial charge in [-0.25, -0.2) is 15.0 Å². The third-order valence-corrected chi connectivity index (χ3v) is 4.43. The lowest BCUT2D eigenvalue weighted by molar-refractivity contribution is 0.630. The van der Waals surface area contributed by atoms with Crippen molar-refractivity contribution in [2.24, 2.45) is 0 Å². The fourth-order valence-corrected chi connectivity index (χ4v) is 3.29. The standard InChI is InChI=1S/C17H21N7/c1-12-10-18-11-19-17(12)23-6-4-22(5-7-23)16-9-13(2)20-15-8-14(3)21-24(15)16/h8-11H,4-7H2,1-3H3. The molecule has 0 spiro atoms. The Balaban J connectivity index is 1.59. The zero-order chi connectivity index (χ0) is 16.7. The van der Waals surface area contributed by atoms with Crippen molar-refractivity contribution in [1.29, 1.82) is 0 Å². The molecule has 0 unspecified atom stereocenters. The topological polar surface area (TPSA) is 62.5 Å². The van der Waals surface area contributed by atoms with Crippen LogP contribution < -0.4 is 9.80 Å². The van der Waals surface area contributed by atoms with Crippen molar-refractivity contribution >= 4 is 17.3 Å². The molecule has 0 atom stereocenters. The first-order chi connectivity index (χ1) is 11.6. The van der Waals surface area contributed by atoms with Gasteiger partial charge in [0.25, 0.3) is 0 Å². The molecule has 1 aliphatic heterocycles. The monoisotopic (exact) mass is 323 g/mol. The van der Waals surface area contributed by atoms with Crippen LogP contribution in [-0.4, -0.2) is 50.7 Å². The summed E-state index contributed by atoms with van der Waals surface area (Å²) in [4.78, 5) is 17.8. The average Bonchev–Trinajstić information content (AvgIpc) is 2.95. The van der Waals surface area contributed by atoms with Crippen LogP contribution >= 0.6 is 0 Å². The van der Waals surface area contributed by atoms with Gasteiger partial charge in [-0.15, -0.1) is 0 Å². The Labute approximate surface area is 141 Å². The summed E-state index contributed by atoms with van der Waals surface area (Å²) in [6.07, 6.45) is 3.49. The highest BCUT2D eigenvalue weighted by molar-refractivity contribution is 5.53. The Morgan fingerprint density at radius 2 is 1.67 bits per heavy atom. The number of fused-ring (bicyclic) bond motifs is 1. The second kappa shape index (κ2) is 5.74. The molecule has 0 N–H and O–H groups in total. The Bertz CT molecular complexity index is 878. The van der Waals surface area contributed by atoms with Gasteiger partial charge in [-0.1, -0.05) is 0 Å². The molecule has 0 radical (unpaired) electrons. The van der Waals surface area contributed by atoms with E-state index in [2.05, 4.69) is 42.8 Å². The molecule has 1 aliphatic rings. The summed E-state index contributed by atoms with van der Waals surface area (Å²) in [5.74, 6) is 2.15. The highest BCUT2D eigenvalue weighted by Crippen LogP contribution is 2.22. The average molecular weight is 323 g/mol. The molecule has 7 heteroatoms. The van der Waals surface area contributed by atoms with E-state index in [-0.39, 0.29) is 0 Å². The van der Waals surface area contributed by atoms with Crippen LogP contribution in [0.2, 0.25) is 0 Å². The molecule has 3 aromatic rings. The molecule has 0 aromatic carbocycles. The Morgan fingerprint density at radius 3 is 2.42 bits per heavy atom. The van der Waals surface area contributed by atoms with Crippen molar-refractivity contribution in [3.05, 3.63) is 41.6 Å². The Morgan fingerprint density at radius 1 is 0.917 bits per heavy atom. The van der Waals surface area contributed by atoms with Gasteiger partial charge >= 0.3 is 0 Å². The van der Waals surface area contributed by atoms with E-state index in [4.69, 9.17) is 0 Å². The summed E-state index contributed by atoms with van der Waals surface area (Å²) in [7, 11) is 0. The molecule has 0 amide bonds. The maximum absolute atomic E-state index is 4.60. The number of piperazine rings is 1. The first-order valence-corrected chi connectivity index (χ1v) is 8.22. The molecule has 0 bridgehead atoms. The molecule has 7 nitrogen and oxygen atoms in total. The summed E-state index contributed by atoms with van der Waals surface area (Å²) < 4.78 is 1.95.